The van der Waals surface area contributed by atoms with Crippen LogP contribution >= 0.6 is 0 Å². The first-order chi connectivity index (χ1) is 8.02. The number of carbonyl (C=O) groups excluding carboxylic acids is 1. The van der Waals surface area contributed by atoms with Crippen molar-refractivity contribution in [2.75, 3.05) is 54.1 Å². The summed E-state index contributed by atoms with van der Waals surface area (Å²) < 4.78 is 10.0. The van der Waals surface area contributed by atoms with Crippen LogP contribution in [-0.4, -0.2) is 75.9 Å². The number of methoxy groups -OCH3 is 2. The van der Waals surface area contributed by atoms with Gasteiger partial charge in [-0.15, -0.1) is 0 Å². The van der Waals surface area contributed by atoms with E-state index in [-0.39, 0.29) is 5.91 Å². The van der Waals surface area contributed by atoms with Crippen LogP contribution in [0.15, 0.2) is 0 Å². The molecular weight excluding hydrogens is 220 g/mol. The average molecular weight is 246 g/mol. The molecule has 0 aliphatic rings. The monoisotopic (exact) mass is 246 g/mol. The van der Waals surface area contributed by atoms with E-state index in [2.05, 4.69) is 13.8 Å². The smallest absolute Gasteiger partial charge is 0.236 e. The van der Waals surface area contributed by atoms with Gasteiger partial charge in [-0.2, -0.15) is 0 Å². The summed E-state index contributed by atoms with van der Waals surface area (Å²) in [5, 5.41) is 0. The van der Waals surface area contributed by atoms with Crippen molar-refractivity contribution in [2.24, 2.45) is 0 Å². The fourth-order valence-electron chi connectivity index (χ4n) is 1.26. The van der Waals surface area contributed by atoms with Crippen LogP contribution < -0.4 is 0 Å². The van der Waals surface area contributed by atoms with Crippen LogP contribution in [0.5, 0.6) is 0 Å². The molecule has 0 rings (SSSR count). The maximum absolute atomic E-state index is 12.0. The molecule has 0 heterocycles. The first-order valence-electron chi connectivity index (χ1n) is 5.98. The number of ether oxygens (including phenoxy) is 2. The van der Waals surface area contributed by atoms with E-state index in [9.17, 15) is 4.79 Å². The summed E-state index contributed by atoms with van der Waals surface area (Å²) in [7, 11) is 5.23. The molecule has 0 aromatic heterocycles. The molecule has 5 nitrogen and oxygen atoms in total. The minimum absolute atomic E-state index is 0.121. The average Bonchev–Trinajstić information content (AvgIpc) is 2.28. The zero-order chi connectivity index (χ0) is 13.3. The first kappa shape index (κ1) is 16.4. The molecule has 0 bridgehead atoms. The molecule has 17 heavy (non-hydrogen) atoms. The second kappa shape index (κ2) is 9.39. The molecule has 102 valence electrons. The molecule has 0 saturated carbocycles. The van der Waals surface area contributed by atoms with Crippen molar-refractivity contribution in [3.8, 4) is 0 Å². The number of amides is 1. The van der Waals surface area contributed by atoms with Crippen LogP contribution in [-0.2, 0) is 14.3 Å². The molecule has 0 saturated heterocycles. The fourth-order valence-corrected chi connectivity index (χ4v) is 1.26. The normalized spacial score (nSPS) is 11.2. The predicted octanol–water partition coefficient (Wildman–Crippen LogP) is 0.448. The summed E-state index contributed by atoms with van der Waals surface area (Å²) in [4.78, 5) is 15.8. The van der Waals surface area contributed by atoms with Gasteiger partial charge in [0.15, 0.2) is 0 Å². The summed E-state index contributed by atoms with van der Waals surface area (Å²) in [6, 6.07) is 0.366. The molecule has 0 fully saturated rings. The Hall–Kier alpha value is -0.650. The minimum Gasteiger partial charge on any atom is -0.383 e. The lowest BCUT2D eigenvalue weighted by Gasteiger charge is -2.26. The van der Waals surface area contributed by atoms with E-state index in [1.807, 2.05) is 11.9 Å². The molecule has 0 atom stereocenters. The lowest BCUT2D eigenvalue weighted by atomic mass is 10.3. The van der Waals surface area contributed by atoms with Gasteiger partial charge in [-0.25, -0.2) is 0 Å². The number of hydrogen-bond acceptors (Lipinski definition) is 4. The van der Waals surface area contributed by atoms with Crippen molar-refractivity contribution in [3.63, 3.8) is 0 Å². The van der Waals surface area contributed by atoms with E-state index in [0.717, 1.165) is 0 Å². The number of rotatable bonds is 9. The highest BCUT2D eigenvalue weighted by Gasteiger charge is 2.16. The minimum atomic E-state index is 0.121. The van der Waals surface area contributed by atoms with Crippen molar-refractivity contribution in [3.05, 3.63) is 0 Å². The van der Waals surface area contributed by atoms with Gasteiger partial charge >= 0.3 is 0 Å². The quantitative estimate of drug-likeness (QED) is 0.592. The molecule has 0 radical (unpaired) electrons. The molecule has 0 aliphatic carbocycles. The largest absolute Gasteiger partial charge is 0.383 e. The molecule has 0 spiro atoms. The van der Waals surface area contributed by atoms with Crippen LogP contribution in [0.2, 0.25) is 0 Å². The Labute approximate surface area is 105 Å². The van der Waals surface area contributed by atoms with E-state index in [1.54, 1.807) is 19.1 Å². The van der Waals surface area contributed by atoms with Crippen LogP contribution in [0.4, 0.5) is 0 Å². The number of carbonyl (C=O) groups is 1. The Kier molecular flexibility index (Phi) is 9.03. The van der Waals surface area contributed by atoms with Crippen LogP contribution in [0.25, 0.3) is 0 Å². The van der Waals surface area contributed by atoms with Gasteiger partial charge in [0.1, 0.15) is 0 Å². The van der Waals surface area contributed by atoms with E-state index < -0.39 is 0 Å². The van der Waals surface area contributed by atoms with Gasteiger partial charge in [-0.3, -0.25) is 9.69 Å². The molecule has 1 amide bonds. The van der Waals surface area contributed by atoms with Gasteiger partial charge in [-0.05, 0) is 20.9 Å². The molecule has 0 aromatic rings. The number of hydrogen-bond donors (Lipinski definition) is 0. The molecule has 0 N–H and O–H groups in total. The number of nitrogens with zero attached hydrogens (tertiary/aromatic N) is 2. The zero-order valence-corrected chi connectivity index (χ0v) is 11.7. The van der Waals surface area contributed by atoms with E-state index in [4.69, 9.17) is 9.47 Å². The summed E-state index contributed by atoms with van der Waals surface area (Å²) in [5.41, 5.74) is 0. The molecule has 5 heteroatoms. The maximum Gasteiger partial charge on any atom is 0.236 e. The van der Waals surface area contributed by atoms with Gasteiger partial charge in [0.2, 0.25) is 5.91 Å². The Morgan fingerprint density at radius 1 is 1.12 bits per heavy atom. The Morgan fingerprint density at radius 3 is 1.94 bits per heavy atom. The van der Waals surface area contributed by atoms with E-state index in [1.165, 1.54) is 0 Å². The third-order valence-electron chi connectivity index (χ3n) is 2.75. The number of likely N-dealkylation sites (N-methyl/N-ethyl adjacent to an activating group) is 1. The highest BCUT2D eigenvalue weighted by atomic mass is 16.5. The van der Waals surface area contributed by atoms with Crippen molar-refractivity contribution in [1.29, 1.82) is 0 Å². The summed E-state index contributed by atoms with van der Waals surface area (Å²) in [5.74, 6) is 0.121. The second-order valence-electron chi connectivity index (χ2n) is 4.38. The van der Waals surface area contributed by atoms with Crippen molar-refractivity contribution >= 4 is 5.91 Å². The Bertz CT molecular complexity index is 202. The SMILES string of the molecule is COCCN(CCOC)C(=O)CN(C)C(C)C. The standard InChI is InChI=1S/C12H26N2O3/c1-11(2)13(3)10-12(15)14(6-8-16-4)7-9-17-5/h11H,6-10H2,1-5H3. The molecule has 0 aliphatic heterocycles. The topological polar surface area (TPSA) is 42.0 Å². The van der Waals surface area contributed by atoms with Gasteiger partial charge in [0.05, 0.1) is 19.8 Å². The van der Waals surface area contributed by atoms with Crippen molar-refractivity contribution in [1.82, 2.24) is 9.80 Å². The maximum atomic E-state index is 12.0. The summed E-state index contributed by atoms with van der Waals surface area (Å²) >= 11 is 0. The van der Waals surface area contributed by atoms with Crippen LogP contribution in [0.3, 0.4) is 0 Å². The lowest BCUT2D eigenvalue weighted by molar-refractivity contribution is -0.133. The third kappa shape index (κ3) is 7.31. The van der Waals surface area contributed by atoms with E-state index >= 15 is 0 Å². The Morgan fingerprint density at radius 2 is 1.59 bits per heavy atom. The van der Waals surface area contributed by atoms with Crippen molar-refractivity contribution in [2.45, 2.75) is 19.9 Å². The predicted molar refractivity (Wildman–Crippen MR) is 68.1 cm³/mol. The first-order valence-corrected chi connectivity index (χ1v) is 5.98. The summed E-state index contributed by atoms with van der Waals surface area (Å²) in [6.45, 7) is 6.92. The second-order valence-corrected chi connectivity index (χ2v) is 4.38. The molecular formula is C12H26N2O3. The van der Waals surface area contributed by atoms with Gasteiger partial charge < -0.3 is 14.4 Å². The third-order valence-corrected chi connectivity index (χ3v) is 2.75. The van der Waals surface area contributed by atoms with Gasteiger partial charge in [0.25, 0.3) is 0 Å². The lowest BCUT2D eigenvalue weighted by Crippen LogP contribution is -2.43. The van der Waals surface area contributed by atoms with E-state index in [0.29, 0.717) is 38.9 Å². The molecule has 0 aromatic carbocycles. The van der Waals surface area contributed by atoms with Crippen molar-refractivity contribution < 1.29 is 14.3 Å². The van der Waals surface area contributed by atoms with Gasteiger partial charge in [0, 0.05) is 33.4 Å². The van der Waals surface area contributed by atoms with Crippen LogP contribution in [0, 0.1) is 0 Å². The fraction of sp³-hybridized carbons (Fsp3) is 0.917. The van der Waals surface area contributed by atoms with Gasteiger partial charge in [-0.1, -0.05) is 0 Å². The van der Waals surface area contributed by atoms with Crippen LogP contribution in [0.1, 0.15) is 13.8 Å². The molecule has 0 unspecified atom stereocenters. The zero-order valence-electron chi connectivity index (χ0n) is 11.7. The highest BCUT2D eigenvalue weighted by Crippen LogP contribution is 1.97. The summed E-state index contributed by atoms with van der Waals surface area (Å²) in [6.07, 6.45) is 0. The highest BCUT2D eigenvalue weighted by molar-refractivity contribution is 5.78. The Balaban J connectivity index is 4.20.